The fourth-order valence-corrected chi connectivity index (χ4v) is 2.05. The van der Waals surface area contributed by atoms with Gasteiger partial charge in [-0.1, -0.05) is 18.2 Å². The Balaban J connectivity index is 4.43. The van der Waals surface area contributed by atoms with Gasteiger partial charge in [-0.3, -0.25) is 0 Å². The Kier molecular flexibility index (Phi) is 7.60. The van der Waals surface area contributed by atoms with Crippen LogP contribution in [-0.2, 0) is 0 Å². The van der Waals surface area contributed by atoms with Gasteiger partial charge in [0.05, 0.1) is 0 Å². The Labute approximate surface area is 93.4 Å². The molecule has 0 saturated carbocycles. The predicted molar refractivity (Wildman–Crippen MR) is 66.8 cm³/mol. The van der Waals surface area contributed by atoms with Crippen LogP contribution >= 0.6 is 11.6 Å². The van der Waals surface area contributed by atoms with E-state index in [0.29, 0.717) is 0 Å². The van der Waals surface area contributed by atoms with Crippen LogP contribution < -0.4 is 0 Å². The van der Waals surface area contributed by atoms with Gasteiger partial charge in [0.1, 0.15) is 0 Å². The lowest BCUT2D eigenvalue weighted by Gasteiger charge is -2.30. The Morgan fingerprint density at radius 1 is 0.929 bits per heavy atom. The number of rotatable bonds is 9. The third kappa shape index (κ3) is 4.66. The fourth-order valence-electron chi connectivity index (χ4n) is 1.92. The molecule has 0 rings (SSSR count). The maximum atomic E-state index is 5.73. The van der Waals surface area contributed by atoms with Crippen LogP contribution in [0.15, 0.2) is 38.0 Å². The van der Waals surface area contributed by atoms with E-state index in [1.54, 1.807) is 0 Å². The van der Waals surface area contributed by atoms with Gasteiger partial charge in [0.2, 0.25) is 0 Å². The molecule has 0 fully saturated rings. The van der Waals surface area contributed by atoms with Crippen molar-refractivity contribution in [1.29, 1.82) is 0 Å². The van der Waals surface area contributed by atoms with Crippen LogP contribution in [-0.4, -0.2) is 5.88 Å². The lowest BCUT2D eigenvalue weighted by atomic mass is 9.74. The molecule has 0 atom stereocenters. The molecule has 0 nitrogen and oxygen atoms in total. The lowest BCUT2D eigenvalue weighted by Crippen LogP contribution is -2.18. The minimum atomic E-state index is 0.264. The maximum Gasteiger partial charge on any atom is 0.0223 e. The molecular weight excluding hydrogens is 192 g/mol. The van der Waals surface area contributed by atoms with Gasteiger partial charge in [0, 0.05) is 5.88 Å². The van der Waals surface area contributed by atoms with Crippen molar-refractivity contribution >= 4 is 11.6 Å². The Morgan fingerprint density at radius 2 is 1.36 bits per heavy atom. The summed E-state index contributed by atoms with van der Waals surface area (Å²) in [6.45, 7) is 11.4. The summed E-state index contributed by atoms with van der Waals surface area (Å²) < 4.78 is 0. The fraction of sp³-hybridized carbons (Fsp3) is 0.538. The molecule has 80 valence electrons. The van der Waals surface area contributed by atoms with E-state index >= 15 is 0 Å². The van der Waals surface area contributed by atoms with Gasteiger partial charge < -0.3 is 0 Å². The summed E-state index contributed by atoms with van der Waals surface area (Å²) in [5, 5.41) is 0. The van der Waals surface area contributed by atoms with Gasteiger partial charge in [-0.05, 0) is 37.5 Å². The summed E-state index contributed by atoms with van der Waals surface area (Å²) in [6, 6.07) is 0. The molecule has 0 aliphatic rings. The van der Waals surface area contributed by atoms with E-state index in [1.165, 1.54) is 0 Å². The summed E-state index contributed by atoms with van der Waals surface area (Å²) in [6.07, 6.45) is 11.2. The first-order chi connectivity index (χ1) is 6.74. The number of halogens is 1. The van der Waals surface area contributed by atoms with E-state index in [9.17, 15) is 0 Å². The van der Waals surface area contributed by atoms with E-state index in [4.69, 9.17) is 11.6 Å². The number of alkyl halides is 1. The van der Waals surface area contributed by atoms with Gasteiger partial charge in [0.15, 0.2) is 0 Å². The second-order valence-electron chi connectivity index (χ2n) is 3.77. The summed E-state index contributed by atoms with van der Waals surface area (Å²) in [5.41, 5.74) is 0.264. The highest BCUT2D eigenvalue weighted by Crippen LogP contribution is 2.37. The van der Waals surface area contributed by atoms with Gasteiger partial charge in [-0.25, -0.2) is 0 Å². The van der Waals surface area contributed by atoms with Crippen LogP contribution in [0.1, 0.15) is 32.1 Å². The predicted octanol–water partition coefficient (Wildman–Crippen LogP) is 4.72. The van der Waals surface area contributed by atoms with Crippen molar-refractivity contribution in [1.82, 2.24) is 0 Å². The molecule has 0 aliphatic heterocycles. The molecule has 0 N–H and O–H groups in total. The standard InChI is InChI=1S/C13H21Cl/c1-4-8-13(9-5-2,10-6-3)11-7-12-14/h4-6H,1-3,7-12H2. The zero-order valence-electron chi connectivity index (χ0n) is 8.97. The zero-order valence-corrected chi connectivity index (χ0v) is 9.73. The first-order valence-electron chi connectivity index (χ1n) is 5.13. The monoisotopic (exact) mass is 212 g/mol. The number of allylic oxidation sites excluding steroid dienone is 3. The van der Waals surface area contributed by atoms with Crippen LogP contribution in [0.2, 0.25) is 0 Å². The first-order valence-corrected chi connectivity index (χ1v) is 5.67. The lowest BCUT2D eigenvalue weighted by molar-refractivity contribution is 0.269. The Hall–Kier alpha value is -0.490. The normalized spacial score (nSPS) is 10.9. The van der Waals surface area contributed by atoms with E-state index in [2.05, 4.69) is 19.7 Å². The molecule has 0 aromatic heterocycles. The van der Waals surface area contributed by atoms with Crippen LogP contribution in [0.5, 0.6) is 0 Å². The third-order valence-electron chi connectivity index (χ3n) is 2.57. The molecule has 0 radical (unpaired) electrons. The van der Waals surface area contributed by atoms with Crippen LogP contribution in [0, 0.1) is 5.41 Å². The molecule has 0 unspecified atom stereocenters. The highest BCUT2D eigenvalue weighted by Gasteiger charge is 2.24. The van der Waals surface area contributed by atoms with Crippen LogP contribution in [0.4, 0.5) is 0 Å². The van der Waals surface area contributed by atoms with E-state index in [-0.39, 0.29) is 5.41 Å². The number of hydrogen-bond donors (Lipinski definition) is 0. The smallest absolute Gasteiger partial charge is 0.0223 e. The average molecular weight is 213 g/mol. The van der Waals surface area contributed by atoms with Gasteiger partial charge >= 0.3 is 0 Å². The van der Waals surface area contributed by atoms with E-state index < -0.39 is 0 Å². The molecule has 1 heteroatoms. The Morgan fingerprint density at radius 3 is 1.64 bits per heavy atom. The molecule has 0 aromatic carbocycles. The first kappa shape index (κ1) is 13.5. The van der Waals surface area contributed by atoms with E-state index in [1.807, 2.05) is 18.2 Å². The molecule has 0 amide bonds. The minimum absolute atomic E-state index is 0.264. The summed E-state index contributed by atoms with van der Waals surface area (Å²) in [5.74, 6) is 0.729. The zero-order chi connectivity index (χ0) is 10.9. The molecule has 0 heterocycles. The molecular formula is C13H21Cl. The molecule has 0 aliphatic carbocycles. The highest BCUT2D eigenvalue weighted by molar-refractivity contribution is 6.17. The summed E-state index contributed by atoms with van der Waals surface area (Å²) in [4.78, 5) is 0. The summed E-state index contributed by atoms with van der Waals surface area (Å²) in [7, 11) is 0. The number of hydrogen-bond acceptors (Lipinski definition) is 0. The third-order valence-corrected chi connectivity index (χ3v) is 2.84. The molecule has 0 spiro atoms. The average Bonchev–Trinajstić information content (AvgIpc) is 2.16. The minimum Gasteiger partial charge on any atom is -0.127 e. The highest BCUT2D eigenvalue weighted by atomic mass is 35.5. The van der Waals surface area contributed by atoms with Gasteiger partial charge in [-0.15, -0.1) is 31.3 Å². The van der Waals surface area contributed by atoms with Crippen molar-refractivity contribution in [2.75, 3.05) is 5.88 Å². The maximum absolute atomic E-state index is 5.73. The largest absolute Gasteiger partial charge is 0.127 e. The van der Waals surface area contributed by atoms with Crippen molar-refractivity contribution in [3.8, 4) is 0 Å². The molecule has 0 saturated heterocycles. The summed E-state index contributed by atoms with van der Waals surface area (Å²) >= 11 is 5.73. The van der Waals surface area contributed by atoms with Crippen molar-refractivity contribution in [2.24, 2.45) is 5.41 Å². The van der Waals surface area contributed by atoms with Crippen LogP contribution in [0.25, 0.3) is 0 Å². The van der Waals surface area contributed by atoms with Crippen molar-refractivity contribution in [3.05, 3.63) is 38.0 Å². The Bertz CT molecular complexity index is 155. The second-order valence-corrected chi connectivity index (χ2v) is 4.15. The SMILES string of the molecule is C=CCC(CC=C)(CC=C)CCCCl. The van der Waals surface area contributed by atoms with Crippen molar-refractivity contribution in [3.63, 3.8) is 0 Å². The van der Waals surface area contributed by atoms with Gasteiger partial charge in [-0.2, -0.15) is 0 Å². The molecule has 14 heavy (non-hydrogen) atoms. The van der Waals surface area contributed by atoms with Crippen LogP contribution in [0.3, 0.4) is 0 Å². The van der Waals surface area contributed by atoms with Crippen molar-refractivity contribution < 1.29 is 0 Å². The second kappa shape index (κ2) is 7.87. The van der Waals surface area contributed by atoms with Crippen molar-refractivity contribution in [2.45, 2.75) is 32.1 Å². The molecule has 0 bridgehead atoms. The van der Waals surface area contributed by atoms with Gasteiger partial charge in [0.25, 0.3) is 0 Å². The molecule has 0 aromatic rings. The topological polar surface area (TPSA) is 0 Å². The van der Waals surface area contributed by atoms with E-state index in [0.717, 1.165) is 38.0 Å². The quantitative estimate of drug-likeness (QED) is 0.383.